The van der Waals surface area contributed by atoms with Crippen LogP contribution in [0.2, 0.25) is 0 Å². The van der Waals surface area contributed by atoms with Crippen LogP contribution in [0.15, 0.2) is 0 Å². The highest BCUT2D eigenvalue weighted by Crippen LogP contribution is 1.92. The van der Waals surface area contributed by atoms with Crippen molar-refractivity contribution in [1.82, 2.24) is 5.32 Å². The van der Waals surface area contributed by atoms with Crippen molar-refractivity contribution >= 4 is 6.09 Å². The number of rotatable bonds is 6. The highest BCUT2D eigenvalue weighted by molar-refractivity contribution is 5.67. The second kappa shape index (κ2) is 7.82. The Morgan fingerprint density at radius 1 is 1.62 bits per heavy atom. The second-order valence-electron chi connectivity index (χ2n) is 2.56. The van der Waals surface area contributed by atoms with Crippen molar-refractivity contribution in [2.24, 2.45) is 0 Å². The lowest BCUT2D eigenvalue weighted by Crippen LogP contribution is -2.38. The normalized spacial score (nSPS) is 12.2. The molecule has 13 heavy (non-hydrogen) atoms. The number of carbonyl (C=O) groups excluding carboxylic acids is 1. The van der Waals surface area contributed by atoms with Gasteiger partial charge >= 0.3 is 6.09 Å². The Hall–Kier alpha value is -0.810. The van der Waals surface area contributed by atoms with Gasteiger partial charge < -0.3 is 19.9 Å². The Bertz CT molecular complexity index is 140. The molecule has 5 heteroatoms. The molecule has 78 valence electrons. The molecule has 0 radical (unpaired) electrons. The maximum Gasteiger partial charge on any atom is 0.407 e. The van der Waals surface area contributed by atoms with Gasteiger partial charge in [-0.05, 0) is 6.42 Å². The maximum atomic E-state index is 10.9. The molecule has 0 aromatic heterocycles. The van der Waals surface area contributed by atoms with Gasteiger partial charge in [-0.15, -0.1) is 0 Å². The molecule has 0 saturated heterocycles. The molecule has 0 spiro atoms. The van der Waals surface area contributed by atoms with Gasteiger partial charge in [0.15, 0.2) is 0 Å². The zero-order valence-electron chi connectivity index (χ0n) is 8.08. The van der Waals surface area contributed by atoms with Gasteiger partial charge in [-0.25, -0.2) is 4.79 Å². The van der Waals surface area contributed by atoms with Crippen molar-refractivity contribution in [2.75, 3.05) is 26.9 Å². The zero-order chi connectivity index (χ0) is 10.1. The standard InChI is InChI=1S/C8H17NO4/c1-3-7(6-12-2)9-8(11)13-5-4-10/h7,10H,3-6H2,1-2H3,(H,9,11). The van der Waals surface area contributed by atoms with Gasteiger partial charge in [0.1, 0.15) is 6.61 Å². The Morgan fingerprint density at radius 3 is 2.77 bits per heavy atom. The highest BCUT2D eigenvalue weighted by atomic mass is 16.6. The molecule has 2 N–H and O–H groups in total. The van der Waals surface area contributed by atoms with Crippen LogP contribution in [0.25, 0.3) is 0 Å². The molecule has 5 nitrogen and oxygen atoms in total. The number of carbonyl (C=O) groups is 1. The predicted molar refractivity (Wildman–Crippen MR) is 47.5 cm³/mol. The molecule has 1 amide bonds. The first-order valence-electron chi connectivity index (χ1n) is 4.27. The smallest absolute Gasteiger partial charge is 0.407 e. The van der Waals surface area contributed by atoms with Crippen LogP contribution in [0.1, 0.15) is 13.3 Å². The van der Waals surface area contributed by atoms with Gasteiger partial charge in [-0.2, -0.15) is 0 Å². The van der Waals surface area contributed by atoms with Crippen molar-refractivity contribution in [3.63, 3.8) is 0 Å². The summed E-state index contributed by atoms with van der Waals surface area (Å²) in [6, 6.07) is -0.0313. The van der Waals surface area contributed by atoms with Gasteiger partial charge in [-0.3, -0.25) is 0 Å². The van der Waals surface area contributed by atoms with E-state index < -0.39 is 6.09 Å². The number of hydrogen-bond donors (Lipinski definition) is 2. The molecule has 0 rings (SSSR count). The van der Waals surface area contributed by atoms with E-state index in [1.165, 1.54) is 0 Å². The fourth-order valence-electron chi connectivity index (χ4n) is 0.809. The molecule has 0 saturated carbocycles. The molecule has 0 aliphatic rings. The number of alkyl carbamates (subject to hydrolysis) is 1. The zero-order valence-corrected chi connectivity index (χ0v) is 8.08. The molecule has 1 unspecified atom stereocenters. The number of ether oxygens (including phenoxy) is 2. The molecule has 0 aliphatic carbocycles. The molecule has 0 aliphatic heterocycles. The van der Waals surface area contributed by atoms with Crippen LogP contribution >= 0.6 is 0 Å². The van der Waals surface area contributed by atoms with Gasteiger partial charge in [0.25, 0.3) is 0 Å². The predicted octanol–water partition coefficient (Wildman–Crippen LogP) is 0.130. The summed E-state index contributed by atoms with van der Waals surface area (Å²) >= 11 is 0. The highest BCUT2D eigenvalue weighted by Gasteiger charge is 2.09. The summed E-state index contributed by atoms with van der Waals surface area (Å²) in [4.78, 5) is 10.9. The van der Waals surface area contributed by atoms with Gasteiger partial charge in [0.05, 0.1) is 19.3 Å². The molecule has 0 fully saturated rings. The van der Waals surface area contributed by atoms with E-state index in [2.05, 4.69) is 10.1 Å². The third kappa shape index (κ3) is 6.36. The molecular weight excluding hydrogens is 174 g/mol. The quantitative estimate of drug-likeness (QED) is 0.626. The molecular formula is C8H17NO4. The number of aliphatic hydroxyl groups excluding tert-OH is 1. The maximum absolute atomic E-state index is 10.9. The van der Waals surface area contributed by atoms with E-state index in [1.54, 1.807) is 7.11 Å². The fraction of sp³-hybridized carbons (Fsp3) is 0.875. The Morgan fingerprint density at radius 2 is 2.31 bits per heavy atom. The summed E-state index contributed by atoms with van der Waals surface area (Å²) in [5.74, 6) is 0. The first-order valence-corrected chi connectivity index (χ1v) is 4.27. The lowest BCUT2D eigenvalue weighted by Gasteiger charge is -2.15. The number of amides is 1. The third-order valence-electron chi connectivity index (χ3n) is 1.51. The van der Waals surface area contributed by atoms with E-state index in [0.29, 0.717) is 6.61 Å². The van der Waals surface area contributed by atoms with Gasteiger partial charge in [0, 0.05) is 7.11 Å². The van der Waals surface area contributed by atoms with Crippen LogP contribution in [0.3, 0.4) is 0 Å². The van der Waals surface area contributed by atoms with Crippen LogP contribution in [-0.4, -0.2) is 44.2 Å². The van der Waals surface area contributed by atoms with E-state index in [4.69, 9.17) is 9.84 Å². The van der Waals surface area contributed by atoms with Crippen molar-refractivity contribution < 1.29 is 19.4 Å². The Labute approximate surface area is 78.0 Å². The lowest BCUT2D eigenvalue weighted by molar-refractivity contribution is 0.106. The van der Waals surface area contributed by atoms with E-state index in [9.17, 15) is 4.79 Å². The summed E-state index contributed by atoms with van der Waals surface area (Å²) in [6.07, 6.45) is 0.264. The van der Waals surface area contributed by atoms with Crippen molar-refractivity contribution in [2.45, 2.75) is 19.4 Å². The number of hydrogen-bond acceptors (Lipinski definition) is 4. The van der Waals surface area contributed by atoms with E-state index in [1.807, 2.05) is 6.92 Å². The van der Waals surface area contributed by atoms with Crippen molar-refractivity contribution in [3.8, 4) is 0 Å². The summed E-state index contributed by atoms with van der Waals surface area (Å²) in [6.45, 7) is 2.27. The SMILES string of the molecule is CCC(COC)NC(=O)OCCO. The monoisotopic (exact) mass is 191 g/mol. The molecule has 0 aromatic carbocycles. The van der Waals surface area contributed by atoms with Crippen LogP contribution in [-0.2, 0) is 9.47 Å². The van der Waals surface area contributed by atoms with Crippen LogP contribution in [0, 0.1) is 0 Å². The summed E-state index contributed by atoms with van der Waals surface area (Å²) in [5, 5.41) is 11.0. The van der Waals surface area contributed by atoms with Crippen molar-refractivity contribution in [1.29, 1.82) is 0 Å². The summed E-state index contributed by atoms with van der Waals surface area (Å²) in [5.41, 5.74) is 0. The van der Waals surface area contributed by atoms with E-state index in [-0.39, 0.29) is 19.3 Å². The number of methoxy groups -OCH3 is 1. The van der Waals surface area contributed by atoms with Crippen LogP contribution in [0.5, 0.6) is 0 Å². The molecule has 0 bridgehead atoms. The topological polar surface area (TPSA) is 67.8 Å². The van der Waals surface area contributed by atoms with E-state index >= 15 is 0 Å². The van der Waals surface area contributed by atoms with Gasteiger partial charge in [0.2, 0.25) is 0 Å². The average molecular weight is 191 g/mol. The first kappa shape index (κ1) is 12.2. The third-order valence-corrected chi connectivity index (χ3v) is 1.51. The summed E-state index contributed by atoms with van der Waals surface area (Å²) < 4.78 is 9.49. The molecule has 0 heterocycles. The first-order chi connectivity index (χ1) is 6.24. The van der Waals surface area contributed by atoms with E-state index in [0.717, 1.165) is 6.42 Å². The lowest BCUT2D eigenvalue weighted by atomic mass is 10.2. The molecule has 1 atom stereocenters. The minimum Gasteiger partial charge on any atom is -0.447 e. The molecule has 0 aromatic rings. The second-order valence-corrected chi connectivity index (χ2v) is 2.56. The number of nitrogens with one attached hydrogen (secondary N) is 1. The van der Waals surface area contributed by atoms with Crippen molar-refractivity contribution in [3.05, 3.63) is 0 Å². The minimum atomic E-state index is -0.516. The largest absolute Gasteiger partial charge is 0.447 e. The average Bonchev–Trinajstić information content (AvgIpc) is 2.14. The minimum absolute atomic E-state index is 0.0231. The number of aliphatic hydroxyl groups is 1. The Balaban J connectivity index is 3.60. The fourth-order valence-corrected chi connectivity index (χ4v) is 0.809. The van der Waals surface area contributed by atoms with Crippen LogP contribution in [0.4, 0.5) is 4.79 Å². The van der Waals surface area contributed by atoms with Crippen LogP contribution < -0.4 is 5.32 Å². The summed E-state index contributed by atoms with van der Waals surface area (Å²) in [7, 11) is 1.57. The van der Waals surface area contributed by atoms with Gasteiger partial charge in [-0.1, -0.05) is 6.92 Å². The Kier molecular flexibility index (Phi) is 7.33.